The second-order valence-corrected chi connectivity index (χ2v) is 7.68. The fourth-order valence-corrected chi connectivity index (χ4v) is 4.00. The molecule has 1 saturated carbocycles. The summed E-state index contributed by atoms with van der Waals surface area (Å²) in [6.07, 6.45) is 3.06. The van der Waals surface area contributed by atoms with Gasteiger partial charge in [0.15, 0.2) is 5.78 Å². The number of benzene rings is 1. The van der Waals surface area contributed by atoms with E-state index in [1.54, 1.807) is 19.1 Å². The maximum absolute atomic E-state index is 13.4. The van der Waals surface area contributed by atoms with Gasteiger partial charge in [0.2, 0.25) is 5.91 Å². The molecular formula is C21H21FN6O3. The second kappa shape index (κ2) is 8.21. The van der Waals surface area contributed by atoms with Crippen LogP contribution in [0.5, 0.6) is 0 Å². The van der Waals surface area contributed by atoms with Crippen LogP contribution in [-0.4, -0.2) is 37.2 Å². The minimum atomic E-state index is -0.564. The fourth-order valence-electron chi connectivity index (χ4n) is 4.00. The number of carbonyl (C=O) groups is 3. The van der Waals surface area contributed by atoms with E-state index in [-0.39, 0.29) is 35.3 Å². The molecule has 3 aromatic rings. The zero-order valence-electron chi connectivity index (χ0n) is 16.8. The lowest BCUT2D eigenvalue weighted by Gasteiger charge is -2.16. The molecular weight excluding hydrogens is 403 g/mol. The highest BCUT2D eigenvalue weighted by Gasteiger charge is 2.38. The lowest BCUT2D eigenvalue weighted by Crippen LogP contribution is -2.32. The first-order valence-electron chi connectivity index (χ1n) is 9.92. The third-order valence-corrected chi connectivity index (χ3v) is 5.63. The zero-order chi connectivity index (χ0) is 22.1. The van der Waals surface area contributed by atoms with Crippen molar-refractivity contribution in [2.75, 3.05) is 0 Å². The molecule has 2 atom stereocenters. The maximum atomic E-state index is 13.4. The maximum Gasteiger partial charge on any atom is 0.270 e. The minimum Gasteiger partial charge on any atom is -0.369 e. The third-order valence-electron chi connectivity index (χ3n) is 5.63. The molecule has 2 aromatic heterocycles. The van der Waals surface area contributed by atoms with E-state index in [1.807, 2.05) is 0 Å². The molecule has 9 nitrogen and oxygen atoms in total. The van der Waals surface area contributed by atoms with Gasteiger partial charge in [-0.15, -0.1) is 0 Å². The highest BCUT2D eigenvalue weighted by Crippen LogP contribution is 2.34. The Morgan fingerprint density at radius 3 is 2.74 bits per heavy atom. The first-order chi connectivity index (χ1) is 14.8. The predicted molar refractivity (Wildman–Crippen MR) is 107 cm³/mol. The predicted octanol–water partition coefficient (Wildman–Crippen LogP) is 1.59. The molecule has 0 aliphatic heterocycles. The molecule has 0 radical (unpaired) electrons. The molecule has 0 bridgehead atoms. The molecule has 2 heterocycles. The van der Waals surface area contributed by atoms with Crippen molar-refractivity contribution in [3.05, 3.63) is 58.9 Å². The van der Waals surface area contributed by atoms with Crippen LogP contribution in [0.1, 0.15) is 51.4 Å². The van der Waals surface area contributed by atoms with Crippen molar-refractivity contribution in [2.24, 2.45) is 17.6 Å². The van der Waals surface area contributed by atoms with Crippen LogP contribution in [0, 0.1) is 24.6 Å². The lowest BCUT2D eigenvalue weighted by atomic mass is 9.89. The van der Waals surface area contributed by atoms with Crippen LogP contribution in [0.25, 0.3) is 5.78 Å². The van der Waals surface area contributed by atoms with Crippen molar-refractivity contribution in [1.82, 2.24) is 24.9 Å². The average Bonchev–Trinajstić information content (AvgIpc) is 3.42. The van der Waals surface area contributed by atoms with Crippen molar-refractivity contribution < 1.29 is 18.8 Å². The van der Waals surface area contributed by atoms with E-state index in [9.17, 15) is 18.8 Å². The lowest BCUT2D eigenvalue weighted by molar-refractivity contribution is -0.122. The van der Waals surface area contributed by atoms with Gasteiger partial charge in [0.05, 0.1) is 0 Å². The van der Waals surface area contributed by atoms with Gasteiger partial charge >= 0.3 is 0 Å². The SMILES string of the molecule is Cc1cc(CNC(=O)c2cc(C(=O)C3CCC[C@@H]3C(N)=O)n3ncnc3n2)ccc1F. The highest BCUT2D eigenvalue weighted by molar-refractivity contribution is 6.02. The van der Waals surface area contributed by atoms with Gasteiger partial charge in [-0.3, -0.25) is 14.4 Å². The van der Waals surface area contributed by atoms with E-state index in [0.717, 1.165) is 12.0 Å². The van der Waals surface area contributed by atoms with Gasteiger partial charge in [-0.25, -0.2) is 9.37 Å². The van der Waals surface area contributed by atoms with Gasteiger partial charge in [0, 0.05) is 18.4 Å². The summed E-state index contributed by atoms with van der Waals surface area (Å²) in [6.45, 7) is 1.80. The number of Topliss-reactive ketones (excluding diaryl/α,β-unsaturated/α-hetero) is 1. The molecule has 1 unspecified atom stereocenters. The molecule has 0 saturated heterocycles. The van der Waals surface area contributed by atoms with Crippen molar-refractivity contribution in [3.63, 3.8) is 0 Å². The molecule has 1 aliphatic rings. The number of hydrogen-bond donors (Lipinski definition) is 2. The monoisotopic (exact) mass is 424 g/mol. The van der Waals surface area contributed by atoms with Crippen LogP contribution < -0.4 is 11.1 Å². The Hall–Kier alpha value is -3.69. The number of nitrogens with one attached hydrogen (secondary N) is 1. The molecule has 1 aromatic carbocycles. The summed E-state index contributed by atoms with van der Waals surface area (Å²) in [4.78, 5) is 45.8. The summed E-state index contributed by atoms with van der Waals surface area (Å²) in [5, 5.41) is 6.75. The van der Waals surface area contributed by atoms with E-state index < -0.39 is 23.7 Å². The minimum absolute atomic E-state index is 0.00342. The quantitative estimate of drug-likeness (QED) is 0.578. The Bertz CT molecular complexity index is 1190. The van der Waals surface area contributed by atoms with E-state index in [0.29, 0.717) is 18.4 Å². The van der Waals surface area contributed by atoms with Gasteiger partial charge in [-0.1, -0.05) is 18.6 Å². The van der Waals surface area contributed by atoms with Gasteiger partial charge < -0.3 is 11.1 Å². The number of nitrogens with zero attached hydrogens (tertiary/aromatic N) is 4. The number of aryl methyl sites for hydroxylation is 1. The fraction of sp³-hybridized carbons (Fsp3) is 0.333. The Morgan fingerprint density at radius 2 is 2.00 bits per heavy atom. The molecule has 1 aliphatic carbocycles. The number of rotatable bonds is 6. The molecule has 160 valence electrons. The van der Waals surface area contributed by atoms with E-state index >= 15 is 0 Å². The Morgan fingerprint density at radius 1 is 1.23 bits per heavy atom. The van der Waals surface area contributed by atoms with Gasteiger partial charge in [-0.2, -0.15) is 14.6 Å². The summed E-state index contributed by atoms with van der Waals surface area (Å²) in [6, 6.07) is 5.91. The first kappa shape index (κ1) is 20.6. The average molecular weight is 424 g/mol. The number of hydrogen-bond acceptors (Lipinski definition) is 6. The molecule has 31 heavy (non-hydrogen) atoms. The molecule has 0 spiro atoms. The van der Waals surface area contributed by atoms with Crippen LogP contribution in [0.3, 0.4) is 0 Å². The number of nitrogens with two attached hydrogens (primary N) is 1. The number of ketones is 1. The number of fused-ring (bicyclic) bond motifs is 1. The van der Waals surface area contributed by atoms with E-state index in [4.69, 9.17) is 5.73 Å². The van der Waals surface area contributed by atoms with Crippen LogP contribution in [-0.2, 0) is 11.3 Å². The number of carbonyl (C=O) groups excluding carboxylic acids is 3. The molecule has 4 rings (SSSR count). The first-order valence-corrected chi connectivity index (χ1v) is 9.92. The second-order valence-electron chi connectivity index (χ2n) is 7.68. The van der Waals surface area contributed by atoms with Gasteiger partial charge in [-0.05, 0) is 43.0 Å². The van der Waals surface area contributed by atoms with Crippen LogP contribution in [0.2, 0.25) is 0 Å². The molecule has 3 N–H and O–H groups in total. The van der Waals surface area contributed by atoms with E-state index in [1.165, 1.54) is 23.0 Å². The normalized spacial score (nSPS) is 18.3. The molecule has 1 fully saturated rings. The van der Waals surface area contributed by atoms with Gasteiger partial charge in [0.25, 0.3) is 11.7 Å². The topological polar surface area (TPSA) is 132 Å². The summed E-state index contributed by atoms with van der Waals surface area (Å²) >= 11 is 0. The molecule has 2 amide bonds. The highest BCUT2D eigenvalue weighted by atomic mass is 19.1. The van der Waals surface area contributed by atoms with Crippen LogP contribution in [0.4, 0.5) is 4.39 Å². The van der Waals surface area contributed by atoms with Crippen LogP contribution >= 0.6 is 0 Å². The number of halogens is 1. The smallest absolute Gasteiger partial charge is 0.270 e. The number of primary amides is 1. The van der Waals surface area contributed by atoms with Crippen molar-refractivity contribution in [3.8, 4) is 0 Å². The standard InChI is InChI=1S/C21H21FN6O3/c1-11-7-12(5-6-15(11)22)9-24-20(31)16-8-17(28-21(27-16)25-10-26-28)18(29)13-3-2-4-14(13)19(23)30/h5-8,10,13-14H,2-4,9H2,1H3,(H2,23,30)(H,24,31)/t13?,14-/m0/s1. The summed E-state index contributed by atoms with van der Waals surface area (Å²) < 4.78 is 14.7. The summed E-state index contributed by atoms with van der Waals surface area (Å²) in [5.41, 5.74) is 6.79. The zero-order valence-corrected chi connectivity index (χ0v) is 16.8. The van der Waals surface area contributed by atoms with Crippen molar-refractivity contribution >= 4 is 23.4 Å². The Labute approximate surface area is 176 Å². The van der Waals surface area contributed by atoms with E-state index in [2.05, 4.69) is 20.4 Å². The Balaban J connectivity index is 1.60. The largest absolute Gasteiger partial charge is 0.369 e. The summed E-state index contributed by atoms with van der Waals surface area (Å²) in [5.74, 6) is -2.67. The Kier molecular flexibility index (Phi) is 5.45. The van der Waals surface area contributed by atoms with Crippen molar-refractivity contribution in [1.29, 1.82) is 0 Å². The molecule has 10 heteroatoms. The number of aromatic nitrogens is 4. The number of amides is 2. The van der Waals surface area contributed by atoms with Gasteiger partial charge in [0.1, 0.15) is 23.5 Å². The van der Waals surface area contributed by atoms with Crippen molar-refractivity contribution in [2.45, 2.75) is 32.7 Å². The third kappa shape index (κ3) is 4.00. The summed E-state index contributed by atoms with van der Waals surface area (Å²) in [7, 11) is 0. The van der Waals surface area contributed by atoms with Crippen LogP contribution in [0.15, 0.2) is 30.6 Å².